The molecule has 1 aromatic heterocycles. The van der Waals surface area contributed by atoms with E-state index in [4.69, 9.17) is 15.6 Å². The minimum Gasteiger partial charge on any atom is -0.449 e. The van der Waals surface area contributed by atoms with Crippen LogP contribution in [0.25, 0.3) is 10.9 Å². The van der Waals surface area contributed by atoms with Gasteiger partial charge < -0.3 is 29.8 Å². The second-order valence-corrected chi connectivity index (χ2v) is 8.13. The molecule has 1 aliphatic carbocycles. The van der Waals surface area contributed by atoms with Gasteiger partial charge in [0.2, 0.25) is 5.43 Å². The van der Waals surface area contributed by atoms with Crippen LogP contribution in [0.5, 0.6) is 5.75 Å². The summed E-state index contributed by atoms with van der Waals surface area (Å²) in [6.45, 7) is 2.20. The number of carboxylic acid groups (broad SMARTS) is 1. The van der Waals surface area contributed by atoms with Crippen LogP contribution in [0.1, 0.15) is 25.3 Å². The molecule has 3 fully saturated rings. The van der Waals surface area contributed by atoms with Crippen LogP contribution < -0.4 is 20.8 Å². The molecule has 2 atom stereocenters. The van der Waals surface area contributed by atoms with E-state index in [1.165, 1.54) is 12.3 Å². The number of hydrogen-bond acceptors (Lipinski definition) is 6. The number of rotatable bonds is 4. The molecule has 0 spiro atoms. The predicted molar refractivity (Wildman–Crippen MR) is 110 cm³/mol. The maximum Gasteiger partial charge on any atom is 0.511 e. The number of carbonyl (C=O) groups is 1. The highest BCUT2D eigenvalue weighted by atomic mass is 35.5. The fourth-order valence-corrected chi connectivity index (χ4v) is 4.74. The third kappa shape index (κ3) is 3.21. The van der Waals surface area contributed by atoms with Crippen LogP contribution in [0.4, 0.5) is 14.9 Å². The lowest BCUT2D eigenvalue weighted by molar-refractivity contribution is 0.0126. The van der Waals surface area contributed by atoms with Gasteiger partial charge in [0, 0.05) is 38.2 Å². The van der Waals surface area contributed by atoms with Crippen molar-refractivity contribution in [1.82, 2.24) is 4.57 Å². The van der Waals surface area contributed by atoms with E-state index in [0.29, 0.717) is 37.4 Å². The first-order chi connectivity index (χ1) is 13.9. The number of nitrogens with two attached hydrogens (primary N) is 1. The minimum atomic E-state index is -1.57. The van der Waals surface area contributed by atoms with Gasteiger partial charge in [-0.05, 0) is 31.4 Å². The maximum atomic E-state index is 15.1. The fraction of sp³-hybridized carbons (Fsp3) is 0.500. The molecule has 2 unspecified atom stereocenters. The molecule has 5 rings (SSSR count). The molecule has 162 valence electrons. The van der Waals surface area contributed by atoms with Gasteiger partial charge in [-0.3, -0.25) is 4.79 Å². The third-order valence-electron chi connectivity index (χ3n) is 6.39. The number of benzene rings is 1. The summed E-state index contributed by atoms with van der Waals surface area (Å²) in [4.78, 5) is 25.6. The van der Waals surface area contributed by atoms with Crippen molar-refractivity contribution in [1.29, 1.82) is 0 Å². The molecule has 2 aromatic rings. The molecule has 8 nitrogen and oxygen atoms in total. The standard InChI is InChI=1S/C20H22FN3O5.ClH/c21-14-5-13-15(24(12-1-2-12)8-17(18(13)25)29-19(26)27)6-16(14)23-7-11-3-4-28-20(11,9-22)10-23;/h5-6,8,11-12H,1-4,7,9-10,22H2,(H,26,27);1H. The van der Waals surface area contributed by atoms with Crippen molar-refractivity contribution >= 4 is 35.2 Å². The lowest BCUT2D eigenvalue weighted by atomic mass is 9.91. The summed E-state index contributed by atoms with van der Waals surface area (Å²) in [7, 11) is 0. The molecule has 2 aliphatic heterocycles. The van der Waals surface area contributed by atoms with E-state index in [9.17, 15) is 9.59 Å². The van der Waals surface area contributed by atoms with E-state index >= 15 is 4.39 Å². The van der Waals surface area contributed by atoms with Crippen molar-refractivity contribution in [2.75, 3.05) is 31.1 Å². The van der Waals surface area contributed by atoms with Crippen molar-refractivity contribution in [3.8, 4) is 5.75 Å². The van der Waals surface area contributed by atoms with Crippen molar-refractivity contribution in [3.63, 3.8) is 0 Å². The molecule has 30 heavy (non-hydrogen) atoms. The maximum absolute atomic E-state index is 15.1. The summed E-state index contributed by atoms with van der Waals surface area (Å²) in [5, 5.41) is 9.02. The van der Waals surface area contributed by atoms with E-state index in [-0.39, 0.29) is 35.5 Å². The van der Waals surface area contributed by atoms with Gasteiger partial charge in [0.1, 0.15) is 11.4 Å². The average molecular weight is 440 g/mol. The van der Waals surface area contributed by atoms with Gasteiger partial charge in [0.15, 0.2) is 5.75 Å². The molecule has 1 saturated carbocycles. The number of nitrogens with zero attached hydrogens (tertiary/aromatic N) is 2. The Hall–Kier alpha value is -2.36. The van der Waals surface area contributed by atoms with E-state index in [1.807, 2.05) is 9.47 Å². The zero-order valence-electron chi connectivity index (χ0n) is 16.2. The first kappa shape index (κ1) is 20.9. The van der Waals surface area contributed by atoms with Crippen molar-refractivity contribution in [2.45, 2.75) is 30.9 Å². The van der Waals surface area contributed by atoms with Crippen LogP contribution in [0, 0.1) is 11.7 Å². The van der Waals surface area contributed by atoms with Crippen LogP contribution in [-0.2, 0) is 4.74 Å². The van der Waals surface area contributed by atoms with Gasteiger partial charge in [-0.2, -0.15) is 0 Å². The topological polar surface area (TPSA) is 107 Å². The van der Waals surface area contributed by atoms with E-state index < -0.39 is 23.0 Å². The molecule has 3 N–H and O–H groups in total. The second-order valence-electron chi connectivity index (χ2n) is 8.13. The first-order valence-electron chi connectivity index (χ1n) is 9.80. The number of aromatic nitrogens is 1. The smallest absolute Gasteiger partial charge is 0.449 e. The van der Waals surface area contributed by atoms with Crippen LogP contribution >= 0.6 is 12.4 Å². The Kier molecular flexibility index (Phi) is 5.16. The third-order valence-corrected chi connectivity index (χ3v) is 6.39. The Bertz CT molecular complexity index is 1070. The lowest BCUT2D eigenvalue weighted by Crippen LogP contribution is -2.44. The first-order valence-corrected chi connectivity index (χ1v) is 9.80. The summed E-state index contributed by atoms with van der Waals surface area (Å²) in [6.07, 6.45) is 2.56. The fourth-order valence-electron chi connectivity index (χ4n) is 4.74. The number of fused-ring (bicyclic) bond motifs is 2. The molecule has 0 radical (unpaired) electrons. The van der Waals surface area contributed by atoms with Gasteiger partial charge in [0.05, 0.1) is 22.8 Å². The highest BCUT2D eigenvalue weighted by molar-refractivity contribution is 5.86. The summed E-state index contributed by atoms with van der Waals surface area (Å²) < 4.78 is 27.5. The van der Waals surface area contributed by atoms with Crippen molar-refractivity contribution in [2.24, 2.45) is 11.7 Å². The van der Waals surface area contributed by atoms with Gasteiger partial charge in [-0.1, -0.05) is 0 Å². The number of hydrogen-bond donors (Lipinski definition) is 2. The largest absolute Gasteiger partial charge is 0.511 e. The number of halogens is 2. The number of ether oxygens (including phenoxy) is 2. The highest BCUT2D eigenvalue weighted by Crippen LogP contribution is 2.42. The Morgan fingerprint density at radius 3 is 2.77 bits per heavy atom. The molecule has 0 amide bonds. The zero-order valence-corrected chi connectivity index (χ0v) is 17.0. The van der Waals surface area contributed by atoms with Crippen LogP contribution in [-0.4, -0.2) is 47.7 Å². The van der Waals surface area contributed by atoms with Crippen LogP contribution in [0.3, 0.4) is 0 Å². The lowest BCUT2D eigenvalue weighted by Gasteiger charge is -2.27. The Morgan fingerprint density at radius 2 is 2.13 bits per heavy atom. The summed E-state index contributed by atoms with van der Waals surface area (Å²) in [5.41, 5.74) is 5.87. The van der Waals surface area contributed by atoms with Gasteiger partial charge >= 0.3 is 6.16 Å². The summed E-state index contributed by atoms with van der Waals surface area (Å²) in [5.74, 6) is -0.591. The number of pyridine rings is 1. The monoisotopic (exact) mass is 439 g/mol. The molecule has 3 aliphatic rings. The van der Waals surface area contributed by atoms with Gasteiger partial charge in [-0.15, -0.1) is 12.4 Å². The molecule has 1 aromatic carbocycles. The normalized spacial score (nSPS) is 25.3. The van der Waals surface area contributed by atoms with Crippen molar-refractivity contribution in [3.05, 3.63) is 34.4 Å². The summed E-state index contributed by atoms with van der Waals surface area (Å²) in [6, 6.07) is 3.01. The summed E-state index contributed by atoms with van der Waals surface area (Å²) >= 11 is 0. The van der Waals surface area contributed by atoms with Crippen molar-refractivity contribution < 1.29 is 23.8 Å². The highest BCUT2D eigenvalue weighted by Gasteiger charge is 2.50. The Balaban J connectivity index is 0.00000218. The molecule has 2 saturated heterocycles. The van der Waals surface area contributed by atoms with Crippen LogP contribution in [0.15, 0.2) is 23.1 Å². The van der Waals surface area contributed by atoms with Gasteiger partial charge in [-0.25, -0.2) is 9.18 Å². The predicted octanol–water partition coefficient (Wildman–Crippen LogP) is 2.51. The van der Waals surface area contributed by atoms with E-state index in [0.717, 1.165) is 19.3 Å². The average Bonchev–Trinajstić information content (AvgIpc) is 3.35. The minimum absolute atomic E-state index is 0. The SMILES string of the molecule is Cl.NCC12CN(c3cc4c(cc3F)c(=O)c(OC(=O)O)cn4C3CC3)CC1CCO2. The molecule has 3 heterocycles. The van der Waals surface area contributed by atoms with E-state index in [2.05, 4.69) is 4.74 Å². The Labute approximate surface area is 177 Å². The number of anilines is 1. The molecular formula is C20H23ClFN3O5. The molecular weight excluding hydrogens is 417 g/mol. The molecule has 10 heteroatoms. The molecule has 0 bridgehead atoms. The van der Waals surface area contributed by atoms with Gasteiger partial charge in [0.25, 0.3) is 0 Å². The van der Waals surface area contributed by atoms with E-state index in [1.54, 1.807) is 6.07 Å². The van der Waals surface area contributed by atoms with Crippen LogP contribution in [0.2, 0.25) is 0 Å². The second kappa shape index (κ2) is 7.40. The quantitative estimate of drug-likeness (QED) is 0.705. The zero-order chi connectivity index (χ0) is 20.3. The Morgan fingerprint density at radius 1 is 1.37 bits per heavy atom.